The highest BCUT2D eigenvalue weighted by Gasteiger charge is 2.49. The van der Waals surface area contributed by atoms with Crippen molar-refractivity contribution in [1.29, 1.82) is 0 Å². The number of furan rings is 1. The number of fused-ring (bicyclic) bond motifs is 2. The van der Waals surface area contributed by atoms with Gasteiger partial charge in [-0.15, -0.1) is 0 Å². The molecule has 0 spiro atoms. The highest BCUT2D eigenvalue weighted by molar-refractivity contribution is 7.90. The minimum absolute atomic E-state index is 0.0795. The first-order valence-electron chi connectivity index (χ1n) is 7.37. The lowest BCUT2D eigenvalue weighted by Gasteiger charge is -2.32. The average Bonchev–Trinajstić information content (AvgIpc) is 3.08. The first-order chi connectivity index (χ1) is 9.63. The van der Waals surface area contributed by atoms with Crippen LogP contribution >= 0.6 is 0 Å². The predicted molar refractivity (Wildman–Crippen MR) is 74.5 cm³/mol. The van der Waals surface area contributed by atoms with E-state index < -0.39 is 10.0 Å². The second-order valence-electron chi connectivity index (χ2n) is 6.40. The van der Waals surface area contributed by atoms with Gasteiger partial charge in [0.1, 0.15) is 0 Å². The molecule has 110 valence electrons. The fourth-order valence-corrected chi connectivity index (χ4v) is 5.76. The summed E-state index contributed by atoms with van der Waals surface area (Å²) in [5.74, 6) is 0.495. The van der Waals surface area contributed by atoms with Gasteiger partial charge in [0, 0.05) is 37.8 Å². The van der Waals surface area contributed by atoms with Crippen molar-refractivity contribution in [3.8, 4) is 0 Å². The van der Waals surface area contributed by atoms with Crippen LogP contribution in [0.2, 0.25) is 0 Å². The van der Waals surface area contributed by atoms with Crippen LogP contribution in [0.1, 0.15) is 24.8 Å². The van der Waals surface area contributed by atoms with Crippen LogP contribution in [0.25, 0.3) is 0 Å². The van der Waals surface area contributed by atoms with Crippen molar-refractivity contribution in [2.45, 2.75) is 37.1 Å². The number of rotatable bonds is 4. The molecular formula is C14H20N2O3S. The molecule has 1 aromatic rings. The fourth-order valence-electron chi connectivity index (χ4n) is 3.65. The van der Waals surface area contributed by atoms with Crippen molar-refractivity contribution < 1.29 is 12.8 Å². The van der Waals surface area contributed by atoms with E-state index in [9.17, 15) is 8.42 Å². The van der Waals surface area contributed by atoms with E-state index in [4.69, 9.17) is 4.42 Å². The smallest absolute Gasteiger partial charge is 0.217 e. The summed E-state index contributed by atoms with van der Waals surface area (Å²) in [5, 5.41) is -0.0795. The minimum atomic E-state index is -3.02. The van der Waals surface area contributed by atoms with E-state index in [1.54, 1.807) is 12.5 Å². The Morgan fingerprint density at radius 1 is 1.25 bits per heavy atom. The molecule has 0 amide bonds. The third kappa shape index (κ3) is 2.19. The van der Waals surface area contributed by atoms with Crippen LogP contribution in [-0.4, -0.2) is 48.5 Å². The van der Waals surface area contributed by atoms with E-state index in [0.29, 0.717) is 5.92 Å². The second-order valence-corrected chi connectivity index (χ2v) is 8.56. The molecule has 6 heteroatoms. The molecule has 1 saturated carbocycles. The van der Waals surface area contributed by atoms with Crippen LogP contribution in [0.3, 0.4) is 0 Å². The van der Waals surface area contributed by atoms with Crippen molar-refractivity contribution in [2.75, 3.05) is 19.6 Å². The average molecular weight is 296 g/mol. The van der Waals surface area contributed by atoms with Crippen LogP contribution in [0, 0.1) is 5.92 Å². The van der Waals surface area contributed by atoms with Crippen molar-refractivity contribution in [2.24, 2.45) is 5.92 Å². The predicted octanol–water partition coefficient (Wildman–Crippen LogP) is 1.28. The third-order valence-electron chi connectivity index (χ3n) is 4.69. The first kappa shape index (κ1) is 12.9. The summed E-state index contributed by atoms with van der Waals surface area (Å²) in [6.07, 6.45) is 6.21. The molecule has 20 heavy (non-hydrogen) atoms. The van der Waals surface area contributed by atoms with E-state index in [-0.39, 0.29) is 11.3 Å². The van der Waals surface area contributed by atoms with Gasteiger partial charge in [0.05, 0.1) is 17.8 Å². The number of nitrogens with zero attached hydrogens (tertiary/aromatic N) is 2. The summed E-state index contributed by atoms with van der Waals surface area (Å²) in [5.41, 5.74) is 1.17. The number of sulfonamides is 1. The van der Waals surface area contributed by atoms with Gasteiger partial charge in [-0.1, -0.05) is 0 Å². The summed E-state index contributed by atoms with van der Waals surface area (Å²) in [6.45, 7) is 3.44. The number of likely N-dealkylation sites (tertiary alicyclic amines) is 1. The molecule has 0 aromatic carbocycles. The van der Waals surface area contributed by atoms with Crippen molar-refractivity contribution >= 4 is 10.0 Å². The zero-order valence-corrected chi connectivity index (χ0v) is 12.3. The SMILES string of the molecule is O=S(=O)(C1CC1)N1CC2CC1CN(Cc1ccoc1)C2. The van der Waals surface area contributed by atoms with Crippen LogP contribution in [0.5, 0.6) is 0 Å². The molecule has 3 aliphatic rings. The Labute approximate surface area is 119 Å². The van der Waals surface area contributed by atoms with Crippen molar-refractivity contribution in [3.63, 3.8) is 0 Å². The minimum Gasteiger partial charge on any atom is -0.472 e. The van der Waals surface area contributed by atoms with Gasteiger partial charge in [0.2, 0.25) is 10.0 Å². The fraction of sp³-hybridized carbons (Fsp3) is 0.714. The molecule has 0 radical (unpaired) electrons. The maximum atomic E-state index is 12.5. The summed E-state index contributed by atoms with van der Waals surface area (Å²) < 4.78 is 31.8. The Bertz CT molecular complexity index is 580. The quantitative estimate of drug-likeness (QED) is 0.840. The van der Waals surface area contributed by atoms with E-state index >= 15 is 0 Å². The molecule has 5 nitrogen and oxygen atoms in total. The molecule has 1 aliphatic carbocycles. The molecule has 2 atom stereocenters. The van der Waals surface area contributed by atoms with Gasteiger partial charge < -0.3 is 4.42 Å². The molecule has 0 N–H and O–H groups in total. The third-order valence-corrected chi connectivity index (χ3v) is 7.11. The Morgan fingerprint density at radius 3 is 2.80 bits per heavy atom. The molecule has 2 unspecified atom stereocenters. The van der Waals surface area contributed by atoms with E-state index in [2.05, 4.69) is 4.90 Å². The normalized spacial score (nSPS) is 31.8. The monoisotopic (exact) mass is 296 g/mol. The number of hydrogen-bond donors (Lipinski definition) is 0. The van der Waals surface area contributed by atoms with E-state index in [0.717, 1.165) is 45.4 Å². The lowest BCUT2D eigenvalue weighted by Crippen LogP contribution is -2.44. The van der Waals surface area contributed by atoms with Crippen LogP contribution in [0.15, 0.2) is 23.0 Å². The maximum absolute atomic E-state index is 12.5. The van der Waals surface area contributed by atoms with Crippen LogP contribution in [-0.2, 0) is 16.6 Å². The van der Waals surface area contributed by atoms with Gasteiger partial charge >= 0.3 is 0 Å². The zero-order chi connectivity index (χ0) is 13.7. The van der Waals surface area contributed by atoms with E-state index in [1.165, 1.54) is 5.56 Å². The Kier molecular flexibility index (Phi) is 2.94. The Balaban J connectivity index is 1.48. The van der Waals surface area contributed by atoms with E-state index in [1.807, 2.05) is 10.4 Å². The van der Waals surface area contributed by atoms with Gasteiger partial charge in [-0.05, 0) is 31.2 Å². The summed E-state index contributed by atoms with van der Waals surface area (Å²) >= 11 is 0. The second kappa shape index (κ2) is 4.58. The lowest BCUT2D eigenvalue weighted by molar-refractivity contribution is 0.175. The molecular weight excluding hydrogens is 276 g/mol. The zero-order valence-electron chi connectivity index (χ0n) is 11.4. The first-order valence-corrected chi connectivity index (χ1v) is 8.87. The topological polar surface area (TPSA) is 53.8 Å². The molecule has 3 fully saturated rings. The lowest BCUT2D eigenvalue weighted by atomic mass is 10.00. The number of piperidine rings is 1. The van der Waals surface area contributed by atoms with Crippen LogP contribution in [0.4, 0.5) is 0 Å². The molecule has 2 saturated heterocycles. The Morgan fingerprint density at radius 2 is 2.10 bits per heavy atom. The number of hydrogen-bond acceptors (Lipinski definition) is 4. The maximum Gasteiger partial charge on any atom is 0.217 e. The molecule has 4 rings (SSSR count). The van der Waals surface area contributed by atoms with Crippen molar-refractivity contribution in [1.82, 2.24) is 9.21 Å². The van der Waals surface area contributed by atoms with Gasteiger partial charge in [-0.25, -0.2) is 8.42 Å². The molecule has 2 aliphatic heterocycles. The standard InChI is InChI=1S/C14H20N2O3S/c17-20(18,14-1-2-14)16-8-12-5-13(16)9-15(7-12)6-11-3-4-19-10-11/h3-4,10,12-14H,1-2,5-9H2. The van der Waals surface area contributed by atoms with Gasteiger partial charge in [-0.3, -0.25) is 4.90 Å². The highest BCUT2D eigenvalue weighted by Crippen LogP contribution is 2.38. The summed E-state index contributed by atoms with van der Waals surface area (Å²) in [7, 11) is -3.02. The summed E-state index contributed by atoms with van der Waals surface area (Å²) in [4.78, 5) is 2.37. The van der Waals surface area contributed by atoms with Crippen molar-refractivity contribution in [3.05, 3.63) is 24.2 Å². The van der Waals surface area contributed by atoms with Gasteiger partial charge in [0.25, 0.3) is 0 Å². The highest BCUT2D eigenvalue weighted by atomic mass is 32.2. The molecule has 1 aromatic heterocycles. The van der Waals surface area contributed by atoms with Gasteiger partial charge in [-0.2, -0.15) is 4.31 Å². The molecule has 3 heterocycles. The Hall–Kier alpha value is -0.850. The van der Waals surface area contributed by atoms with Crippen LogP contribution < -0.4 is 0 Å². The molecule has 2 bridgehead atoms. The summed E-state index contributed by atoms with van der Waals surface area (Å²) in [6, 6.07) is 2.17. The van der Waals surface area contributed by atoms with Gasteiger partial charge in [0.15, 0.2) is 0 Å². The largest absolute Gasteiger partial charge is 0.472 e.